The minimum absolute atomic E-state index is 0.151. The summed E-state index contributed by atoms with van der Waals surface area (Å²) < 4.78 is 5.41. The van der Waals surface area contributed by atoms with Crippen LogP contribution in [0.3, 0.4) is 0 Å². The van der Waals surface area contributed by atoms with Crippen molar-refractivity contribution in [1.29, 1.82) is 5.26 Å². The second-order valence-electron chi connectivity index (χ2n) is 6.40. The summed E-state index contributed by atoms with van der Waals surface area (Å²) >= 11 is 0. The average molecular weight is 265 g/mol. The van der Waals surface area contributed by atoms with Crippen molar-refractivity contribution in [2.24, 2.45) is 29.1 Å². The lowest BCUT2D eigenvalue weighted by Crippen LogP contribution is -2.35. The highest BCUT2D eigenvalue weighted by molar-refractivity contribution is 5.76. The van der Waals surface area contributed by atoms with E-state index in [1.54, 1.807) is 6.92 Å². The second-order valence-corrected chi connectivity index (χ2v) is 6.40. The predicted octanol–water partition coefficient (Wildman–Crippen LogP) is 2.12. The normalized spacial score (nSPS) is 35.7. The van der Waals surface area contributed by atoms with E-state index in [0.717, 1.165) is 19.3 Å². The Morgan fingerprint density at radius 3 is 2.74 bits per heavy atom. The Morgan fingerprint density at radius 1 is 1.47 bits per heavy atom. The molecule has 0 spiro atoms. The average Bonchev–Trinajstić information content (AvgIpc) is 3.03. The van der Waals surface area contributed by atoms with Gasteiger partial charge in [0.2, 0.25) is 0 Å². The first-order valence-corrected chi connectivity index (χ1v) is 7.21. The van der Waals surface area contributed by atoms with E-state index in [1.165, 1.54) is 0 Å². The van der Waals surface area contributed by atoms with Gasteiger partial charge < -0.3 is 9.84 Å². The number of hydrogen-bond donors (Lipinski definition) is 1. The molecule has 0 heterocycles. The summed E-state index contributed by atoms with van der Waals surface area (Å²) in [7, 11) is 0. The Kier molecular flexibility index (Phi) is 4.15. The van der Waals surface area contributed by atoms with Crippen LogP contribution in [0.5, 0.6) is 0 Å². The van der Waals surface area contributed by atoms with Crippen molar-refractivity contribution in [3.8, 4) is 6.07 Å². The summed E-state index contributed by atoms with van der Waals surface area (Å²) in [5.41, 5.74) is -0.785. The van der Waals surface area contributed by atoms with Crippen LogP contribution < -0.4 is 0 Å². The summed E-state index contributed by atoms with van der Waals surface area (Å²) in [6.07, 6.45) is 3.79. The third kappa shape index (κ3) is 2.62. The molecule has 2 fully saturated rings. The van der Waals surface area contributed by atoms with E-state index >= 15 is 0 Å². The molecule has 2 aliphatic carbocycles. The number of nitriles is 1. The summed E-state index contributed by atoms with van der Waals surface area (Å²) in [6, 6.07) is 2.39. The number of fused-ring (bicyclic) bond motifs is 2. The molecule has 2 aliphatic rings. The van der Waals surface area contributed by atoms with Crippen LogP contribution in [0.25, 0.3) is 0 Å². The fourth-order valence-electron chi connectivity index (χ4n) is 3.51. The first kappa shape index (κ1) is 14.3. The van der Waals surface area contributed by atoms with Gasteiger partial charge in [0.15, 0.2) is 0 Å². The van der Waals surface area contributed by atoms with Gasteiger partial charge in [-0.25, -0.2) is 0 Å². The van der Waals surface area contributed by atoms with Gasteiger partial charge in [-0.05, 0) is 50.4 Å². The van der Waals surface area contributed by atoms with E-state index < -0.39 is 5.41 Å². The highest BCUT2D eigenvalue weighted by atomic mass is 16.5. The maximum absolute atomic E-state index is 12.0. The molecule has 0 aromatic rings. The number of nitrogens with zero attached hydrogens (tertiary/aromatic N) is 1. The van der Waals surface area contributed by atoms with Gasteiger partial charge in [0, 0.05) is 5.92 Å². The quantitative estimate of drug-likeness (QED) is 0.773. The maximum Gasteiger partial charge on any atom is 0.314 e. The number of hydrogen-bond acceptors (Lipinski definition) is 4. The van der Waals surface area contributed by atoms with Gasteiger partial charge in [-0.3, -0.25) is 4.79 Å². The number of ether oxygens (including phenoxy) is 1. The van der Waals surface area contributed by atoms with Crippen LogP contribution in [-0.4, -0.2) is 24.3 Å². The third-order valence-corrected chi connectivity index (χ3v) is 5.17. The molecule has 2 bridgehead atoms. The van der Waals surface area contributed by atoms with E-state index in [9.17, 15) is 9.90 Å². The molecule has 0 aliphatic heterocycles. The van der Waals surface area contributed by atoms with Crippen LogP contribution in [0.15, 0.2) is 0 Å². The largest absolute Gasteiger partial charge is 0.465 e. The molecule has 0 radical (unpaired) electrons. The molecule has 19 heavy (non-hydrogen) atoms. The predicted molar refractivity (Wildman–Crippen MR) is 69.9 cm³/mol. The topological polar surface area (TPSA) is 70.3 Å². The minimum Gasteiger partial charge on any atom is -0.465 e. The van der Waals surface area contributed by atoms with Crippen LogP contribution in [-0.2, 0) is 9.53 Å². The van der Waals surface area contributed by atoms with E-state index in [1.807, 2.05) is 6.92 Å². The second kappa shape index (κ2) is 5.50. The standard InChI is InChI=1S/C15H23NO3/c1-3-15(2,9-17)14(18)19-8-12-5-10-4-11(7-16)13(12)6-10/h10-13,17H,3-6,8-9H2,1-2H3. The number of carbonyl (C=O) groups is 1. The molecule has 0 aromatic carbocycles. The summed E-state index contributed by atoms with van der Waals surface area (Å²) in [4.78, 5) is 12.0. The van der Waals surface area contributed by atoms with E-state index in [4.69, 9.17) is 10.00 Å². The molecule has 0 saturated heterocycles. The number of rotatable bonds is 5. The third-order valence-electron chi connectivity index (χ3n) is 5.17. The molecule has 4 nitrogen and oxygen atoms in total. The highest BCUT2D eigenvalue weighted by Gasteiger charge is 2.47. The molecular formula is C15H23NO3. The number of esters is 1. The molecule has 0 aromatic heterocycles. The SMILES string of the molecule is CCC(C)(CO)C(=O)OCC1CC2CC(C#N)C1C2. The maximum atomic E-state index is 12.0. The summed E-state index contributed by atoms with van der Waals surface area (Å²) in [6.45, 7) is 3.84. The summed E-state index contributed by atoms with van der Waals surface area (Å²) in [5.74, 6) is 1.23. The van der Waals surface area contributed by atoms with Crippen LogP contribution >= 0.6 is 0 Å². The van der Waals surface area contributed by atoms with Crippen molar-refractivity contribution in [2.75, 3.05) is 13.2 Å². The highest BCUT2D eigenvalue weighted by Crippen LogP contribution is 2.51. The van der Waals surface area contributed by atoms with Crippen molar-refractivity contribution < 1.29 is 14.6 Å². The molecular weight excluding hydrogens is 242 g/mol. The fraction of sp³-hybridized carbons (Fsp3) is 0.867. The molecule has 1 N–H and O–H groups in total. The number of aliphatic hydroxyl groups excluding tert-OH is 1. The molecule has 106 valence electrons. The molecule has 2 rings (SSSR count). The molecule has 2 saturated carbocycles. The Labute approximate surface area is 114 Å². The van der Waals surface area contributed by atoms with Crippen LogP contribution in [0.2, 0.25) is 0 Å². The van der Waals surface area contributed by atoms with Gasteiger partial charge >= 0.3 is 5.97 Å². The minimum atomic E-state index is -0.785. The van der Waals surface area contributed by atoms with Crippen molar-refractivity contribution >= 4 is 5.97 Å². The zero-order valence-corrected chi connectivity index (χ0v) is 11.8. The smallest absolute Gasteiger partial charge is 0.314 e. The van der Waals surface area contributed by atoms with Crippen molar-refractivity contribution in [3.05, 3.63) is 0 Å². The lowest BCUT2D eigenvalue weighted by Gasteiger charge is -2.28. The lowest BCUT2D eigenvalue weighted by molar-refractivity contribution is -0.159. The Balaban J connectivity index is 1.87. The Morgan fingerprint density at radius 2 is 2.21 bits per heavy atom. The van der Waals surface area contributed by atoms with Gasteiger partial charge in [0.1, 0.15) is 0 Å². The van der Waals surface area contributed by atoms with Gasteiger partial charge in [-0.2, -0.15) is 5.26 Å². The van der Waals surface area contributed by atoms with E-state index in [-0.39, 0.29) is 18.5 Å². The van der Waals surface area contributed by atoms with Gasteiger partial charge in [0.05, 0.1) is 24.7 Å². The fourth-order valence-corrected chi connectivity index (χ4v) is 3.51. The van der Waals surface area contributed by atoms with E-state index in [0.29, 0.717) is 30.8 Å². The van der Waals surface area contributed by atoms with Gasteiger partial charge in [0.25, 0.3) is 0 Å². The van der Waals surface area contributed by atoms with Crippen molar-refractivity contribution in [2.45, 2.75) is 39.5 Å². The van der Waals surface area contributed by atoms with Crippen molar-refractivity contribution in [1.82, 2.24) is 0 Å². The lowest BCUT2D eigenvalue weighted by atomic mass is 9.82. The van der Waals surface area contributed by atoms with E-state index in [2.05, 4.69) is 6.07 Å². The molecule has 5 unspecified atom stereocenters. The van der Waals surface area contributed by atoms with Crippen LogP contribution in [0.4, 0.5) is 0 Å². The zero-order chi connectivity index (χ0) is 14.0. The van der Waals surface area contributed by atoms with Crippen LogP contribution in [0, 0.1) is 40.4 Å². The first-order valence-electron chi connectivity index (χ1n) is 7.21. The zero-order valence-electron chi connectivity index (χ0n) is 11.8. The van der Waals surface area contributed by atoms with Gasteiger partial charge in [-0.1, -0.05) is 6.92 Å². The monoisotopic (exact) mass is 265 g/mol. The van der Waals surface area contributed by atoms with Gasteiger partial charge in [-0.15, -0.1) is 0 Å². The number of aliphatic hydroxyl groups is 1. The molecule has 4 heteroatoms. The summed E-state index contributed by atoms with van der Waals surface area (Å²) in [5, 5.41) is 18.4. The Hall–Kier alpha value is -1.08. The molecule has 0 amide bonds. The number of carbonyl (C=O) groups excluding carboxylic acids is 1. The first-order chi connectivity index (χ1) is 9.04. The molecule has 5 atom stereocenters. The van der Waals surface area contributed by atoms with Crippen LogP contribution in [0.1, 0.15) is 39.5 Å². The Bertz CT molecular complexity index is 383. The van der Waals surface area contributed by atoms with Crippen molar-refractivity contribution in [3.63, 3.8) is 0 Å².